The number of rotatable bonds is 8. The van der Waals surface area contributed by atoms with Crippen molar-refractivity contribution in [2.45, 2.75) is 57.0 Å². The quantitative estimate of drug-likeness (QED) is 0.479. The van der Waals surface area contributed by atoms with Gasteiger partial charge in [-0.2, -0.15) is 0 Å². The van der Waals surface area contributed by atoms with Crippen molar-refractivity contribution >= 4 is 23.4 Å². The number of aliphatic hydroxyl groups is 1. The van der Waals surface area contributed by atoms with Crippen LogP contribution >= 0.6 is 0 Å². The minimum Gasteiger partial charge on any atom is -0.494 e. The van der Waals surface area contributed by atoms with Gasteiger partial charge in [-0.1, -0.05) is 54.6 Å². The van der Waals surface area contributed by atoms with Crippen molar-refractivity contribution in [2.75, 3.05) is 31.2 Å². The summed E-state index contributed by atoms with van der Waals surface area (Å²) in [5, 5.41) is 10.7. The first kappa shape index (κ1) is 29.1. The summed E-state index contributed by atoms with van der Waals surface area (Å²) in [6, 6.07) is 15.1. The fourth-order valence-electron chi connectivity index (χ4n) is 7.21. The van der Waals surface area contributed by atoms with Crippen molar-refractivity contribution in [1.29, 1.82) is 0 Å². The van der Waals surface area contributed by atoms with E-state index in [2.05, 4.69) is 0 Å². The number of carbonyl (C=O) groups is 3. The minimum absolute atomic E-state index is 0.117. The Morgan fingerprint density at radius 2 is 1.72 bits per heavy atom. The van der Waals surface area contributed by atoms with Gasteiger partial charge >= 0.3 is 0 Å². The largest absolute Gasteiger partial charge is 0.494 e. The number of nitrogens with zero attached hydrogens (tertiary/aromatic N) is 3. The van der Waals surface area contributed by atoms with Gasteiger partial charge < -0.3 is 29.3 Å². The van der Waals surface area contributed by atoms with Gasteiger partial charge in [0.1, 0.15) is 17.4 Å². The number of ether oxygens (including phenoxy) is 2. The van der Waals surface area contributed by atoms with E-state index in [0.717, 1.165) is 5.56 Å². The Balaban J connectivity index is 1.42. The maximum atomic E-state index is 14.7. The average molecular weight is 586 g/mol. The van der Waals surface area contributed by atoms with Gasteiger partial charge in [0, 0.05) is 24.8 Å². The van der Waals surface area contributed by atoms with Gasteiger partial charge in [-0.15, -0.1) is 0 Å². The Bertz CT molecular complexity index is 1420. The van der Waals surface area contributed by atoms with E-state index in [9.17, 15) is 19.5 Å². The van der Waals surface area contributed by atoms with Crippen LogP contribution in [0.15, 0.2) is 78.9 Å². The molecule has 2 aromatic rings. The summed E-state index contributed by atoms with van der Waals surface area (Å²) in [6.07, 6.45) is 7.16. The van der Waals surface area contributed by atoms with Crippen LogP contribution in [0.4, 0.5) is 5.69 Å². The van der Waals surface area contributed by atoms with E-state index >= 15 is 0 Å². The summed E-state index contributed by atoms with van der Waals surface area (Å²) in [4.78, 5) is 48.4. The number of carbonyl (C=O) groups excluding carboxylic acids is 3. The van der Waals surface area contributed by atoms with Crippen molar-refractivity contribution in [2.24, 2.45) is 11.8 Å². The van der Waals surface area contributed by atoms with Crippen LogP contribution < -0.4 is 9.64 Å². The standard InChI is InChI=1S/C34H39N3O6/c1-4-42-26-15-13-24(14-16-26)36-18-8-12-27-28(31(36)39)29-32(40)37(25(21-38)20-23-10-6-5-7-11-23)30-33(41)35(22(2)3)19-9-17-34(29,30)43-27/h5-17,22,25,27-30,38H,4,18-21H2,1-3H3/t25-,27-,28+,29+,30?,34+/m1/s1. The third-order valence-electron chi connectivity index (χ3n) is 9.13. The van der Waals surface area contributed by atoms with Gasteiger partial charge in [-0.25, -0.2) is 0 Å². The summed E-state index contributed by atoms with van der Waals surface area (Å²) >= 11 is 0. The van der Waals surface area contributed by atoms with Gasteiger partial charge in [-0.05, 0) is 57.0 Å². The van der Waals surface area contributed by atoms with Crippen LogP contribution in [0, 0.1) is 11.8 Å². The smallest absolute Gasteiger partial charge is 0.249 e. The second kappa shape index (κ2) is 11.6. The first-order chi connectivity index (χ1) is 20.8. The zero-order valence-corrected chi connectivity index (χ0v) is 24.8. The predicted octanol–water partition coefficient (Wildman–Crippen LogP) is 2.98. The second-order valence-electron chi connectivity index (χ2n) is 11.9. The topological polar surface area (TPSA) is 99.6 Å². The fourth-order valence-corrected chi connectivity index (χ4v) is 7.21. The summed E-state index contributed by atoms with van der Waals surface area (Å²) in [7, 11) is 0. The normalized spacial score (nSPS) is 29.0. The maximum absolute atomic E-state index is 14.7. The highest BCUT2D eigenvalue weighted by Crippen LogP contribution is 2.54. The molecule has 0 aromatic heterocycles. The molecule has 6 atom stereocenters. The number of hydrogen-bond donors (Lipinski definition) is 1. The Morgan fingerprint density at radius 3 is 2.40 bits per heavy atom. The number of anilines is 1. The summed E-state index contributed by atoms with van der Waals surface area (Å²) < 4.78 is 12.3. The molecule has 2 aromatic carbocycles. The third-order valence-corrected chi connectivity index (χ3v) is 9.13. The molecule has 4 heterocycles. The molecular weight excluding hydrogens is 546 g/mol. The van der Waals surface area contributed by atoms with E-state index in [4.69, 9.17) is 9.47 Å². The predicted molar refractivity (Wildman–Crippen MR) is 161 cm³/mol. The molecule has 226 valence electrons. The molecule has 43 heavy (non-hydrogen) atoms. The first-order valence-corrected chi connectivity index (χ1v) is 15.1. The zero-order chi connectivity index (χ0) is 30.3. The molecule has 9 nitrogen and oxygen atoms in total. The van der Waals surface area contributed by atoms with Crippen LogP contribution in [0.2, 0.25) is 0 Å². The van der Waals surface area contributed by atoms with Crippen molar-refractivity contribution in [3.63, 3.8) is 0 Å². The summed E-state index contributed by atoms with van der Waals surface area (Å²) in [6.45, 7) is 6.69. The van der Waals surface area contributed by atoms with E-state index in [1.54, 1.807) is 9.80 Å². The van der Waals surface area contributed by atoms with Crippen molar-refractivity contribution in [3.8, 4) is 5.75 Å². The number of likely N-dealkylation sites (tertiary alicyclic amines) is 1. The third kappa shape index (κ3) is 4.84. The van der Waals surface area contributed by atoms with Gasteiger partial charge in [0.2, 0.25) is 17.7 Å². The van der Waals surface area contributed by atoms with E-state index < -0.39 is 35.6 Å². The van der Waals surface area contributed by atoms with Crippen LogP contribution in [-0.2, 0) is 25.5 Å². The van der Waals surface area contributed by atoms with Crippen LogP contribution in [0.3, 0.4) is 0 Å². The van der Waals surface area contributed by atoms with Crippen molar-refractivity contribution in [1.82, 2.24) is 9.80 Å². The highest BCUT2D eigenvalue weighted by Gasteiger charge is 2.72. The molecule has 9 heteroatoms. The van der Waals surface area contributed by atoms with E-state index in [1.165, 1.54) is 4.90 Å². The second-order valence-corrected chi connectivity index (χ2v) is 11.9. The van der Waals surface area contributed by atoms with Crippen LogP contribution in [-0.4, -0.2) is 88.8 Å². The van der Waals surface area contributed by atoms with Crippen LogP contribution in [0.1, 0.15) is 26.3 Å². The van der Waals surface area contributed by atoms with Crippen molar-refractivity contribution in [3.05, 3.63) is 84.5 Å². The lowest BCUT2D eigenvalue weighted by molar-refractivity contribution is -0.151. The fraction of sp³-hybridized carbons (Fsp3) is 0.441. The zero-order valence-electron chi connectivity index (χ0n) is 24.8. The van der Waals surface area contributed by atoms with Crippen LogP contribution in [0.25, 0.3) is 0 Å². The number of fused-ring (bicyclic) bond motifs is 2. The van der Waals surface area contributed by atoms with Gasteiger partial charge in [0.05, 0.1) is 37.2 Å². The van der Waals surface area contributed by atoms with Gasteiger partial charge in [0.25, 0.3) is 0 Å². The Morgan fingerprint density at radius 1 is 0.977 bits per heavy atom. The number of amides is 3. The average Bonchev–Trinajstić information content (AvgIpc) is 3.32. The molecule has 4 aliphatic heterocycles. The van der Waals surface area contributed by atoms with Crippen molar-refractivity contribution < 1.29 is 29.0 Å². The molecule has 1 N–H and O–H groups in total. The molecule has 1 spiro atoms. The highest BCUT2D eigenvalue weighted by atomic mass is 16.5. The van der Waals surface area contributed by atoms with E-state index in [-0.39, 0.29) is 30.4 Å². The Kier molecular flexibility index (Phi) is 7.87. The molecular formula is C34H39N3O6. The Hall–Kier alpha value is -3.95. The Labute approximate surface area is 252 Å². The minimum atomic E-state index is -1.35. The van der Waals surface area contributed by atoms with E-state index in [1.807, 2.05) is 99.7 Å². The lowest BCUT2D eigenvalue weighted by Gasteiger charge is -2.39. The molecule has 4 aliphatic rings. The van der Waals surface area contributed by atoms with Gasteiger partial charge in [0.15, 0.2) is 0 Å². The SMILES string of the molecule is CCOc1ccc(N2CC=C[C@H]3O[C@]45C=CCN(C(C)C)C(=O)C4N([C@@H](CO)Cc4ccccc4)C(=O)[C@@H]5[C@H]3C2=O)cc1. The number of hydrogen-bond acceptors (Lipinski definition) is 6. The molecule has 6 rings (SSSR count). The maximum Gasteiger partial charge on any atom is 0.249 e. The summed E-state index contributed by atoms with van der Waals surface area (Å²) in [5.74, 6) is -1.88. The number of benzene rings is 2. The molecule has 2 fully saturated rings. The molecule has 0 saturated carbocycles. The highest BCUT2D eigenvalue weighted by molar-refractivity contribution is 6.04. The molecule has 0 bridgehead atoms. The lowest BCUT2D eigenvalue weighted by Crippen LogP contribution is -2.59. The molecule has 2 saturated heterocycles. The lowest BCUT2D eigenvalue weighted by atomic mass is 9.77. The molecule has 1 unspecified atom stereocenters. The summed E-state index contributed by atoms with van der Waals surface area (Å²) in [5.41, 5.74) is 0.278. The monoisotopic (exact) mass is 585 g/mol. The molecule has 3 amide bonds. The molecule has 0 radical (unpaired) electrons. The van der Waals surface area contributed by atoms with Crippen LogP contribution in [0.5, 0.6) is 5.75 Å². The molecule has 0 aliphatic carbocycles. The number of aliphatic hydroxyl groups excluding tert-OH is 1. The van der Waals surface area contributed by atoms with E-state index in [0.29, 0.717) is 37.6 Å². The first-order valence-electron chi connectivity index (χ1n) is 15.1. The van der Waals surface area contributed by atoms with Gasteiger partial charge in [-0.3, -0.25) is 14.4 Å².